The van der Waals surface area contributed by atoms with Gasteiger partial charge in [0.15, 0.2) is 0 Å². The van der Waals surface area contributed by atoms with Crippen molar-refractivity contribution >= 4 is 38.9 Å². The molecule has 200 valence electrons. The van der Waals surface area contributed by atoms with Crippen LogP contribution in [0.1, 0.15) is 5.56 Å². The Morgan fingerprint density at radius 2 is 1.89 bits per heavy atom. The summed E-state index contributed by atoms with van der Waals surface area (Å²) in [6.07, 6.45) is 4.08. The minimum atomic E-state index is -3.19. The van der Waals surface area contributed by atoms with Gasteiger partial charge in [0.05, 0.1) is 19.1 Å². The van der Waals surface area contributed by atoms with Gasteiger partial charge in [-0.15, -0.1) is 0 Å². The maximum Gasteiger partial charge on any atom is 0.247 e. The second-order valence-electron chi connectivity index (χ2n) is 8.66. The van der Waals surface area contributed by atoms with Crippen molar-refractivity contribution in [2.75, 3.05) is 55.1 Å². The molecule has 38 heavy (non-hydrogen) atoms. The molecule has 1 amide bonds. The smallest absolute Gasteiger partial charge is 0.247 e. The van der Waals surface area contributed by atoms with E-state index in [0.717, 1.165) is 11.3 Å². The predicted octanol–water partition coefficient (Wildman–Crippen LogP) is 3.54. The number of methoxy groups -OCH3 is 1. The van der Waals surface area contributed by atoms with Gasteiger partial charge < -0.3 is 25.0 Å². The van der Waals surface area contributed by atoms with Gasteiger partial charge in [-0.05, 0) is 37.3 Å². The first-order chi connectivity index (χ1) is 18.2. The molecule has 1 aliphatic rings. The highest BCUT2D eigenvalue weighted by Crippen LogP contribution is 2.33. The Hall–Kier alpha value is -4.16. The number of hydrogen-bond acceptors (Lipinski definition) is 9. The molecule has 0 atom stereocenters. The molecule has 0 radical (unpaired) electrons. The van der Waals surface area contributed by atoms with Gasteiger partial charge in [-0.2, -0.15) is 9.29 Å². The summed E-state index contributed by atoms with van der Waals surface area (Å²) in [5.41, 5.74) is 2.89. The molecule has 1 aromatic heterocycles. The SMILES string of the molecule is C=CC(=O)Nc1cccc(Oc2nc(Nc3ccc(N4CCN(S(C)(=O)=O)CC4)cc3OC)ncc2C)c1. The number of anilines is 4. The molecular formula is C26H30N6O5S. The number of carbonyl (C=O) groups is 1. The molecule has 0 aliphatic carbocycles. The Balaban J connectivity index is 1.48. The molecule has 0 unspecified atom stereocenters. The zero-order valence-electron chi connectivity index (χ0n) is 21.5. The maximum absolute atomic E-state index is 11.8. The zero-order chi connectivity index (χ0) is 27.3. The van der Waals surface area contributed by atoms with Crippen molar-refractivity contribution in [1.29, 1.82) is 0 Å². The van der Waals surface area contributed by atoms with E-state index in [1.54, 1.807) is 37.6 Å². The summed E-state index contributed by atoms with van der Waals surface area (Å²) >= 11 is 0. The molecule has 0 spiro atoms. The van der Waals surface area contributed by atoms with Gasteiger partial charge in [-0.3, -0.25) is 4.79 Å². The van der Waals surface area contributed by atoms with E-state index in [1.165, 1.54) is 16.6 Å². The van der Waals surface area contributed by atoms with Crippen molar-refractivity contribution in [3.8, 4) is 17.4 Å². The van der Waals surface area contributed by atoms with Gasteiger partial charge in [0.2, 0.25) is 27.8 Å². The number of aryl methyl sites for hydroxylation is 1. The van der Waals surface area contributed by atoms with Crippen LogP contribution in [0.25, 0.3) is 0 Å². The molecule has 1 saturated heterocycles. The van der Waals surface area contributed by atoms with Crippen LogP contribution in [0.4, 0.5) is 23.0 Å². The fraction of sp³-hybridized carbons (Fsp3) is 0.269. The van der Waals surface area contributed by atoms with E-state index in [-0.39, 0.29) is 5.91 Å². The lowest BCUT2D eigenvalue weighted by Crippen LogP contribution is -2.48. The molecular weight excluding hydrogens is 508 g/mol. The number of nitrogens with one attached hydrogen (secondary N) is 2. The van der Waals surface area contributed by atoms with Crippen LogP contribution in [0.15, 0.2) is 61.3 Å². The number of piperazine rings is 1. The number of aromatic nitrogens is 2. The second kappa shape index (κ2) is 11.5. The normalized spacial score (nSPS) is 14.0. The van der Waals surface area contributed by atoms with Gasteiger partial charge >= 0.3 is 0 Å². The summed E-state index contributed by atoms with van der Waals surface area (Å²) in [5, 5.41) is 5.88. The number of amides is 1. The molecule has 4 rings (SSSR count). The Kier molecular flexibility index (Phi) is 8.13. The van der Waals surface area contributed by atoms with E-state index >= 15 is 0 Å². The first-order valence-electron chi connectivity index (χ1n) is 11.9. The van der Waals surface area contributed by atoms with E-state index in [0.29, 0.717) is 60.9 Å². The van der Waals surface area contributed by atoms with Crippen LogP contribution in [0.2, 0.25) is 0 Å². The Labute approximate surface area is 222 Å². The van der Waals surface area contributed by atoms with E-state index in [1.807, 2.05) is 25.1 Å². The molecule has 2 aromatic carbocycles. The van der Waals surface area contributed by atoms with Gasteiger partial charge in [-0.1, -0.05) is 12.6 Å². The maximum atomic E-state index is 11.8. The zero-order valence-corrected chi connectivity index (χ0v) is 22.3. The highest BCUT2D eigenvalue weighted by Gasteiger charge is 2.24. The average molecular weight is 539 g/mol. The van der Waals surface area contributed by atoms with Crippen molar-refractivity contribution in [3.63, 3.8) is 0 Å². The van der Waals surface area contributed by atoms with Crippen LogP contribution in [0, 0.1) is 6.92 Å². The lowest BCUT2D eigenvalue weighted by molar-refractivity contribution is -0.111. The quantitative estimate of drug-likeness (QED) is 0.394. The van der Waals surface area contributed by atoms with Crippen LogP contribution in [-0.2, 0) is 14.8 Å². The Morgan fingerprint density at radius 3 is 2.58 bits per heavy atom. The number of sulfonamides is 1. The van der Waals surface area contributed by atoms with Crippen molar-refractivity contribution < 1.29 is 22.7 Å². The topological polar surface area (TPSA) is 126 Å². The number of carbonyl (C=O) groups excluding carboxylic acids is 1. The van der Waals surface area contributed by atoms with E-state index in [9.17, 15) is 13.2 Å². The largest absolute Gasteiger partial charge is 0.494 e. The standard InChI is InChI=1S/C26H30N6O5S/c1-5-24(33)28-19-7-6-8-21(15-19)37-25-18(2)17-27-26(30-25)29-22-10-9-20(16-23(22)36-3)31-11-13-32(14-12-31)38(4,34)35/h5-10,15-17H,1,11-14H2,2-4H3,(H,28,33)(H,27,29,30). The highest BCUT2D eigenvalue weighted by atomic mass is 32.2. The monoisotopic (exact) mass is 538 g/mol. The molecule has 2 heterocycles. The molecule has 1 aliphatic heterocycles. The van der Waals surface area contributed by atoms with Crippen LogP contribution < -0.4 is 25.0 Å². The van der Waals surface area contributed by atoms with E-state index in [2.05, 4.69) is 32.1 Å². The van der Waals surface area contributed by atoms with E-state index in [4.69, 9.17) is 9.47 Å². The summed E-state index contributed by atoms with van der Waals surface area (Å²) in [7, 11) is -1.62. The fourth-order valence-corrected chi connectivity index (χ4v) is 4.74. The Bertz CT molecular complexity index is 1440. The molecule has 11 nitrogen and oxygen atoms in total. The third-order valence-electron chi connectivity index (χ3n) is 5.93. The predicted molar refractivity (Wildman–Crippen MR) is 147 cm³/mol. The number of rotatable bonds is 9. The van der Waals surface area contributed by atoms with E-state index < -0.39 is 10.0 Å². The van der Waals surface area contributed by atoms with Crippen LogP contribution in [0.3, 0.4) is 0 Å². The van der Waals surface area contributed by atoms with Crippen molar-refractivity contribution in [3.05, 3.63) is 66.9 Å². The van der Waals surface area contributed by atoms with Crippen molar-refractivity contribution in [2.24, 2.45) is 0 Å². The number of ether oxygens (including phenoxy) is 2. The number of nitrogens with zero attached hydrogens (tertiary/aromatic N) is 4. The van der Waals surface area contributed by atoms with Crippen LogP contribution in [0.5, 0.6) is 17.4 Å². The highest BCUT2D eigenvalue weighted by molar-refractivity contribution is 7.88. The van der Waals surface area contributed by atoms with Gasteiger partial charge in [-0.25, -0.2) is 13.4 Å². The van der Waals surface area contributed by atoms with Gasteiger partial charge in [0.1, 0.15) is 11.5 Å². The minimum Gasteiger partial charge on any atom is -0.494 e. The lowest BCUT2D eigenvalue weighted by atomic mass is 10.2. The first-order valence-corrected chi connectivity index (χ1v) is 13.7. The summed E-state index contributed by atoms with van der Waals surface area (Å²) in [6.45, 7) is 7.33. The van der Waals surface area contributed by atoms with Gasteiger partial charge in [0.25, 0.3) is 0 Å². The number of benzene rings is 2. The summed E-state index contributed by atoms with van der Waals surface area (Å²) < 4.78 is 36.7. The third-order valence-corrected chi connectivity index (χ3v) is 7.23. The summed E-state index contributed by atoms with van der Waals surface area (Å²) in [5.74, 6) is 1.44. The summed E-state index contributed by atoms with van der Waals surface area (Å²) in [4.78, 5) is 22.6. The first kappa shape index (κ1) is 26.9. The average Bonchev–Trinajstić information content (AvgIpc) is 2.90. The molecule has 0 bridgehead atoms. The molecule has 3 aromatic rings. The molecule has 1 fully saturated rings. The molecule has 2 N–H and O–H groups in total. The second-order valence-corrected chi connectivity index (χ2v) is 10.6. The summed E-state index contributed by atoms with van der Waals surface area (Å²) in [6, 6.07) is 12.7. The fourth-order valence-electron chi connectivity index (χ4n) is 3.91. The number of hydrogen-bond donors (Lipinski definition) is 2. The minimum absolute atomic E-state index is 0.314. The van der Waals surface area contributed by atoms with Crippen LogP contribution >= 0.6 is 0 Å². The van der Waals surface area contributed by atoms with Gasteiger partial charge in [0, 0.05) is 61.4 Å². The lowest BCUT2D eigenvalue weighted by Gasteiger charge is -2.35. The third kappa shape index (κ3) is 6.58. The van der Waals surface area contributed by atoms with Crippen molar-refractivity contribution in [1.82, 2.24) is 14.3 Å². The molecule has 12 heteroatoms. The Morgan fingerprint density at radius 1 is 1.13 bits per heavy atom. The van der Waals surface area contributed by atoms with Crippen molar-refractivity contribution in [2.45, 2.75) is 6.92 Å². The van der Waals surface area contributed by atoms with Crippen LogP contribution in [-0.4, -0.2) is 68.1 Å². The molecule has 0 saturated carbocycles.